The van der Waals surface area contributed by atoms with Gasteiger partial charge in [0.25, 0.3) is 0 Å². The Labute approximate surface area is 291 Å². The molecule has 0 aliphatic heterocycles. The fourth-order valence-corrected chi connectivity index (χ4v) is 17.2. The molecule has 0 rings (SSSR count). The monoisotopic (exact) mass is 929 g/mol. The van der Waals surface area contributed by atoms with Gasteiger partial charge in [0.1, 0.15) is 6.04 Å². The van der Waals surface area contributed by atoms with Crippen LogP contribution in [-0.2, 0) is 41.3 Å². The smallest absolute Gasteiger partial charge is 0.355 e. The van der Waals surface area contributed by atoms with Gasteiger partial charge >= 0.3 is 66.7 Å². The summed E-state index contributed by atoms with van der Waals surface area (Å²) in [6.07, 6.45) is -4.07. The van der Waals surface area contributed by atoms with E-state index in [0.717, 1.165) is 6.92 Å². The number of aliphatic carboxylic acids is 1. The molecule has 0 aromatic heterocycles. The van der Waals surface area contributed by atoms with Crippen LogP contribution in [0, 0.1) is 0 Å². The third-order valence-corrected chi connectivity index (χ3v) is 20.8. The minimum Gasteiger partial charge on any atom is -0.480 e. The maximum atomic E-state index is 12.1. The zero-order valence-corrected chi connectivity index (χ0v) is 33.0. The average Bonchev–Trinajstić information content (AvgIpc) is 2.75. The zero-order valence-electron chi connectivity index (χ0n) is 25.9. The topological polar surface area (TPSA) is 527 Å². The molecule has 0 saturated heterocycles. The fourth-order valence-electron chi connectivity index (χ4n) is 5.00. The van der Waals surface area contributed by atoms with E-state index in [1.165, 1.54) is 0 Å². The maximum absolute atomic E-state index is 12.1. The van der Waals surface area contributed by atoms with Gasteiger partial charge in [0.2, 0.25) is 22.1 Å². The first-order chi connectivity index (χ1) is 22.6. The highest BCUT2D eigenvalue weighted by Crippen LogP contribution is 2.70. The van der Waals surface area contributed by atoms with Gasteiger partial charge in [-0.15, -0.1) is 0 Å². The van der Waals surface area contributed by atoms with Gasteiger partial charge in [0.05, 0.1) is 6.10 Å². The van der Waals surface area contributed by atoms with Crippen molar-refractivity contribution >= 4 is 66.7 Å². The summed E-state index contributed by atoms with van der Waals surface area (Å²) in [5, 5.41) is 19.8. The maximum Gasteiger partial charge on any atom is 0.355 e. The van der Waals surface area contributed by atoms with Crippen molar-refractivity contribution in [1.82, 2.24) is 14.7 Å². The summed E-state index contributed by atoms with van der Waals surface area (Å²) in [6.45, 7) is -4.25. The summed E-state index contributed by atoms with van der Waals surface area (Å²) in [7, 11) is -50.4. The summed E-state index contributed by atoms with van der Waals surface area (Å²) in [5.41, 5.74) is -14.6. The van der Waals surface area contributed by atoms with Crippen LogP contribution in [0.2, 0.25) is 0 Å². The Kier molecular flexibility index (Phi) is 18.6. The van der Waals surface area contributed by atoms with Crippen molar-refractivity contribution in [2.75, 3.05) is 26.2 Å². The van der Waals surface area contributed by atoms with Crippen LogP contribution in [0.5, 0.6) is 0 Å². The molecule has 0 bridgehead atoms. The molecular weight excluding hydrogens is 890 g/mol. The molecule has 0 amide bonds. The molecule has 0 unspecified atom stereocenters. The molecule has 0 radical (unpaired) electrons. The number of nitrogens with zero attached hydrogens (tertiary/aromatic N) is 3. The van der Waals surface area contributed by atoms with Crippen molar-refractivity contribution in [3.63, 3.8) is 0 Å². The Hall–Kier alpha value is 0.510. The molecule has 0 saturated carbocycles. The molecule has 0 heterocycles. The van der Waals surface area contributed by atoms with Crippen LogP contribution in [0.4, 0.5) is 0 Å². The lowest BCUT2D eigenvalue weighted by Gasteiger charge is -2.39. The molecule has 0 spiro atoms. The van der Waals surface area contributed by atoms with Gasteiger partial charge in [-0.3, -0.25) is 56.0 Å². The van der Waals surface area contributed by atoms with E-state index >= 15 is 0 Å². The number of hydrogen-bond acceptors (Lipinski definition) is 13. The van der Waals surface area contributed by atoms with Crippen molar-refractivity contribution in [1.29, 1.82) is 0 Å². The lowest BCUT2D eigenvalue weighted by molar-refractivity contribution is -0.147. The number of carboxylic acids is 1. The molecule has 0 aliphatic rings. The Morgan fingerprint density at radius 1 is 0.442 bits per heavy atom. The Balaban J connectivity index is 7.16. The molecule has 312 valence electrons. The Morgan fingerprint density at radius 2 is 0.635 bits per heavy atom. The van der Waals surface area contributed by atoms with Crippen LogP contribution in [-0.4, -0.2) is 170 Å². The first-order valence-corrected chi connectivity index (χ1v) is 26.6. The average molecular weight is 929 g/mol. The second kappa shape index (κ2) is 18.4. The largest absolute Gasteiger partial charge is 0.480 e. The van der Waals surface area contributed by atoms with E-state index in [9.17, 15) is 130 Å². The Bertz CT molecular complexity index is 1330. The fraction of sp³-hybridized carbons (Fsp3) is 0.929. The minimum atomic E-state index is -6.30. The predicted octanol–water partition coefficient (Wildman–Crippen LogP) is -3.94. The zero-order chi connectivity index (χ0) is 42.0. The molecule has 30 nitrogen and oxygen atoms in total. The normalized spacial score (nSPS) is 16.2. The van der Waals surface area contributed by atoms with Gasteiger partial charge in [-0.25, -0.2) is 0 Å². The van der Waals surface area contributed by atoms with Crippen LogP contribution in [0.25, 0.3) is 0 Å². The van der Waals surface area contributed by atoms with E-state index in [2.05, 4.69) is 0 Å². The molecule has 38 heteroatoms. The SMILES string of the molecule is C[C@@H](O)[C@@H](C(=O)O)N(CCCN(C(P(=O)(O)O)P(=O)(O)O)C(P(=O)(O)O)P(=O)(O)O)CCCN(C(P(=O)(O)O)P(=O)(O)O)C(P(=O)(O)O)P(=O)(O)O. The number of hydrogen-bond donors (Lipinski definition) is 18. The molecule has 0 aromatic carbocycles. The molecule has 0 aromatic rings. The lowest BCUT2D eigenvalue weighted by Crippen LogP contribution is -2.51. The number of aliphatic hydroxyl groups is 1. The number of rotatable bonds is 23. The van der Waals surface area contributed by atoms with Crippen LogP contribution >= 0.6 is 60.8 Å². The highest BCUT2D eigenvalue weighted by molar-refractivity contribution is 7.73. The second-order valence-electron chi connectivity index (χ2n) is 10.8. The summed E-state index contributed by atoms with van der Waals surface area (Å²) >= 11 is 0. The van der Waals surface area contributed by atoms with Crippen molar-refractivity contribution in [3.05, 3.63) is 0 Å². The van der Waals surface area contributed by atoms with Crippen LogP contribution < -0.4 is 0 Å². The van der Waals surface area contributed by atoms with Gasteiger partial charge in [-0.1, -0.05) is 0 Å². The van der Waals surface area contributed by atoms with Gasteiger partial charge in [-0.05, 0) is 19.8 Å². The van der Waals surface area contributed by atoms with E-state index in [1.807, 2.05) is 0 Å². The van der Waals surface area contributed by atoms with Crippen LogP contribution in [0.15, 0.2) is 0 Å². The van der Waals surface area contributed by atoms with Gasteiger partial charge in [0, 0.05) is 26.2 Å². The number of carbonyl (C=O) groups is 1. The van der Waals surface area contributed by atoms with Crippen molar-refractivity contribution in [2.24, 2.45) is 0 Å². The molecule has 2 atom stereocenters. The number of aliphatic hydroxyl groups excluding tert-OH is 1. The molecular formula is C14H39N3O27P8. The molecule has 0 aliphatic carbocycles. The summed E-state index contributed by atoms with van der Waals surface area (Å²) in [6, 6.07) is -2.18. The summed E-state index contributed by atoms with van der Waals surface area (Å²) in [5.74, 6) is -1.94. The third-order valence-electron chi connectivity index (χ3n) is 6.42. The van der Waals surface area contributed by atoms with Gasteiger partial charge in [0.15, 0.2) is 0 Å². The first-order valence-electron chi connectivity index (χ1n) is 13.2. The van der Waals surface area contributed by atoms with Crippen molar-refractivity contribution < 1.29 is 130 Å². The van der Waals surface area contributed by atoms with Gasteiger partial charge in [-0.2, -0.15) is 0 Å². The van der Waals surface area contributed by atoms with E-state index in [-0.39, 0.29) is 0 Å². The summed E-state index contributed by atoms with van der Waals surface area (Å²) < 4.78 is 96.5. The summed E-state index contributed by atoms with van der Waals surface area (Å²) in [4.78, 5) is 165. The first kappa shape index (κ1) is 52.5. The minimum absolute atomic E-state index is 0.533. The number of carboxylic acid groups (broad SMARTS) is 1. The molecule has 0 fully saturated rings. The van der Waals surface area contributed by atoms with Gasteiger partial charge < -0.3 is 88.5 Å². The van der Waals surface area contributed by atoms with E-state index in [1.54, 1.807) is 0 Å². The highest BCUT2D eigenvalue weighted by Gasteiger charge is 2.59. The van der Waals surface area contributed by atoms with E-state index in [0.29, 0.717) is 4.90 Å². The predicted molar refractivity (Wildman–Crippen MR) is 169 cm³/mol. The molecule has 18 N–H and O–H groups in total. The lowest BCUT2D eigenvalue weighted by atomic mass is 10.1. The highest BCUT2D eigenvalue weighted by atomic mass is 31.3. The standard InChI is InChI=1S/C14H39N3O27P8/c1-8(18)9(10(19)20)15(4-2-6-16(11(45(21,22)23)46(24,25)26)12(47(27,28)29)48(30,31)32)5-3-7-17(13(49(33,34)35)50(36,37)38)14(51(39,40)41)52(42,43)44/h8-9,11-14,18H,2-7H2,1H3,(H,19,20)(H2,21,22,23)(H2,24,25,26)(H2,27,28,29)(H2,30,31,32)(H2,33,34,35)(H2,36,37,38)(H2,39,40,41)(H2,42,43,44)/t8-,9+/m1/s1. The van der Waals surface area contributed by atoms with E-state index in [4.69, 9.17) is 0 Å². The van der Waals surface area contributed by atoms with Crippen molar-refractivity contribution in [2.45, 2.75) is 54.0 Å². The van der Waals surface area contributed by atoms with Crippen molar-refractivity contribution in [3.8, 4) is 0 Å². The third kappa shape index (κ3) is 15.8. The van der Waals surface area contributed by atoms with Crippen LogP contribution in [0.3, 0.4) is 0 Å². The molecule has 52 heavy (non-hydrogen) atoms. The van der Waals surface area contributed by atoms with Crippen LogP contribution in [0.1, 0.15) is 19.8 Å². The Morgan fingerprint density at radius 3 is 0.769 bits per heavy atom. The second-order valence-corrected chi connectivity index (χ2v) is 25.8. The quantitative estimate of drug-likeness (QED) is 0.0435. The van der Waals surface area contributed by atoms with E-state index < -0.39 is 150 Å².